The van der Waals surface area contributed by atoms with Crippen LogP contribution in [0.1, 0.15) is 0 Å². The third-order valence-corrected chi connectivity index (χ3v) is 7.98. The minimum absolute atomic E-state index is 0.714. The van der Waals surface area contributed by atoms with E-state index in [0.717, 1.165) is 24.8 Å². The van der Waals surface area contributed by atoms with Crippen LogP contribution in [0.5, 0.6) is 0 Å². The van der Waals surface area contributed by atoms with E-state index >= 15 is 0 Å². The number of nitrogens with zero attached hydrogens (tertiary/aromatic N) is 6. The van der Waals surface area contributed by atoms with Gasteiger partial charge in [0, 0.05) is 12.4 Å². The highest BCUT2D eigenvalue weighted by atomic mass is 32.2. The van der Waals surface area contributed by atoms with Gasteiger partial charge in [-0.3, -0.25) is 0 Å². The molecule has 4 heterocycles. The maximum absolute atomic E-state index is 14.5. The molecule has 18 heteroatoms. The van der Waals surface area contributed by atoms with Crippen molar-refractivity contribution in [1.29, 1.82) is 0 Å². The summed E-state index contributed by atoms with van der Waals surface area (Å²) in [5, 5.41) is 92.1. The van der Waals surface area contributed by atoms with Crippen LogP contribution in [0.3, 0.4) is 0 Å². The summed E-state index contributed by atoms with van der Waals surface area (Å²) in [5.74, 6) is 0. The molecule has 0 spiro atoms. The summed E-state index contributed by atoms with van der Waals surface area (Å²) in [4.78, 5) is 0. The topological polar surface area (TPSA) is 259 Å². The Hall–Kier alpha value is -1.97. The van der Waals surface area contributed by atoms with Gasteiger partial charge in [-0.15, -0.1) is 10.2 Å². The van der Waals surface area contributed by atoms with Crippen LogP contribution in [0.25, 0.3) is 0 Å². The second kappa shape index (κ2) is 9.24. The van der Waals surface area contributed by atoms with Crippen molar-refractivity contribution in [2.24, 2.45) is 0 Å². The fourth-order valence-corrected chi connectivity index (χ4v) is 6.16. The fraction of sp³-hybridized carbons (Fsp3) is 0.750. The minimum atomic E-state index is -3.03. The molecule has 2 aromatic heterocycles. The van der Waals surface area contributed by atoms with E-state index in [9.17, 15) is 45.1 Å². The Morgan fingerprint density at radius 1 is 0.735 bits per heavy atom. The van der Waals surface area contributed by atoms with Crippen LogP contribution < -0.4 is 0 Å². The first-order valence-corrected chi connectivity index (χ1v) is 11.1. The van der Waals surface area contributed by atoms with Crippen molar-refractivity contribution in [3.05, 3.63) is 24.8 Å². The van der Waals surface area contributed by atoms with Crippen molar-refractivity contribution in [3.63, 3.8) is 0 Å². The monoisotopic (exact) mass is 508 g/mol. The van der Waals surface area contributed by atoms with Gasteiger partial charge in [-0.1, -0.05) is 10.4 Å². The maximum atomic E-state index is 14.5. The molecule has 0 bridgehead atoms. The molecule has 0 radical (unpaired) electrons. The number of aliphatic hydroxyl groups excluding tert-OH is 8. The Bertz CT molecular complexity index is 904. The Morgan fingerprint density at radius 2 is 1.12 bits per heavy atom. The van der Waals surface area contributed by atoms with E-state index in [0.29, 0.717) is 9.36 Å². The van der Waals surface area contributed by atoms with Crippen molar-refractivity contribution in [3.8, 4) is 0 Å². The summed E-state index contributed by atoms with van der Waals surface area (Å²) in [6.07, 6.45) is -11.1. The number of hydrogen-bond acceptors (Lipinski definition) is 15. The average molecular weight is 508 g/mol. The highest BCUT2D eigenvalue weighted by Gasteiger charge is 2.70. The first-order chi connectivity index (χ1) is 16.2. The number of aromatic nitrogens is 6. The molecule has 2 aliphatic rings. The van der Waals surface area contributed by atoms with Crippen molar-refractivity contribution in [1.82, 2.24) is 30.0 Å². The fourth-order valence-electron chi connectivity index (χ4n) is 4.06. The van der Waals surface area contributed by atoms with E-state index in [4.69, 9.17) is 9.47 Å². The lowest BCUT2D eigenvalue weighted by Crippen LogP contribution is -2.74. The van der Waals surface area contributed by atoms with Crippen molar-refractivity contribution >= 4 is 10.8 Å². The smallest absolute Gasteiger partial charge is 0.273 e. The number of hydrogen-bond donors (Lipinski definition) is 8. The summed E-state index contributed by atoms with van der Waals surface area (Å²) in [7, 11) is -3.03. The van der Waals surface area contributed by atoms with Gasteiger partial charge in [0.1, 0.15) is 59.6 Å². The van der Waals surface area contributed by atoms with Crippen LogP contribution in [0.2, 0.25) is 0 Å². The predicted molar refractivity (Wildman–Crippen MR) is 104 cm³/mol. The number of rotatable bonds is 6. The van der Waals surface area contributed by atoms with Gasteiger partial charge in [0.05, 0.1) is 25.6 Å². The van der Waals surface area contributed by atoms with Gasteiger partial charge in [0.15, 0.2) is 0 Å². The molecule has 34 heavy (non-hydrogen) atoms. The van der Waals surface area contributed by atoms with Gasteiger partial charge in [-0.2, -0.15) is 0 Å². The SMILES string of the molecule is O=S([C@@]1(n2ccnn2)O[C@H](CO)[C@H](O)[C@H](O)[C@H]1O)[C@@]1(n2ccnn2)O[C@H](CO)[C@H](O)[C@H](O)[C@H]1O. The molecular formula is C16H24N6O11S. The largest absolute Gasteiger partial charge is 0.394 e. The Balaban J connectivity index is 1.97. The Morgan fingerprint density at radius 3 is 1.41 bits per heavy atom. The molecule has 2 fully saturated rings. The zero-order valence-electron chi connectivity index (χ0n) is 17.2. The van der Waals surface area contributed by atoms with E-state index in [-0.39, 0.29) is 0 Å². The van der Waals surface area contributed by atoms with Crippen molar-refractivity contribution in [2.45, 2.75) is 58.9 Å². The zero-order valence-corrected chi connectivity index (χ0v) is 18.1. The molecule has 0 aliphatic carbocycles. The molecular weight excluding hydrogens is 484 g/mol. The predicted octanol–water partition coefficient (Wildman–Crippen LogP) is -6.51. The van der Waals surface area contributed by atoms with Gasteiger partial charge in [-0.05, 0) is 0 Å². The maximum Gasteiger partial charge on any atom is 0.273 e. The van der Waals surface area contributed by atoms with Crippen molar-refractivity contribution < 1.29 is 54.5 Å². The molecule has 17 nitrogen and oxygen atoms in total. The summed E-state index contributed by atoms with van der Waals surface area (Å²) in [6.45, 7) is -1.81. The van der Waals surface area contributed by atoms with E-state index in [1.807, 2.05) is 0 Å². The highest BCUT2D eigenvalue weighted by Crippen LogP contribution is 2.47. The molecule has 0 unspecified atom stereocenters. The summed E-state index contributed by atoms with van der Waals surface area (Å²) in [5.41, 5.74) is 0. The number of ether oxygens (including phenoxy) is 2. The lowest BCUT2D eigenvalue weighted by molar-refractivity contribution is -0.291. The van der Waals surface area contributed by atoms with Gasteiger partial charge in [0.25, 0.3) is 10.1 Å². The van der Waals surface area contributed by atoms with Crippen molar-refractivity contribution in [2.75, 3.05) is 13.2 Å². The molecule has 0 aromatic carbocycles. The van der Waals surface area contributed by atoms with Crippen LogP contribution in [-0.4, -0.2) is 137 Å². The first-order valence-electron chi connectivity index (χ1n) is 9.98. The molecule has 0 saturated carbocycles. The Labute approximate surface area is 192 Å². The first kappa shape index (κ1) is 25.1. The molecule has 2 aliphatic heterocycles. The van der Waals surface area contributed by atoms with E-state index in [1.54, 1.807) is 0 Å². The van der Waals surface area contributed by atoms with Gasteiger partial charge in [0.2, 0.25) is 0 Å². The molecule has 0 amide bonds. The van der Waals surface area contributed by atoms with Gasteiger partial charge >= 0.3 is 0 Å². The third kappa shape index (κ3) is 3.42. The quantitative estimate of drug-likeness (QED) is 0.180. The van der Waals surface area contributed by atoms with Crippen LogP contribution in [0.15, 0.2) is 24.8 Å². The molecule has 10 atom stereocenters. The molecule has 8 N–H and O–H groups in total. The lowest BCUT2D eigenvalue weighted by Gasteiger charge is -2.53. The normalized spacial score (nSPS) is 43.3. The zero-order chi connectivity index (χ0) is 24.8. The van der Waals surface area contributed by atoms with Crippen LogP contribution in [-0.2, 0) is 30.4 Å². The van der Waals surface area contributed by atoms with Crippen LogP contribution in [0, 0.1) is 0 Å². The van der Waals surface area contributed by atoms with Crippen LogP contribution >= 0.6 is 0 Å². The van der Waals surface area contributed by atoms with E-state index in [2.05, 4.69) is 20.6 Å². The molecule has 190 valence electrons. The van der Waals surface area contributed by atoms with E-state index < -0.39 is 83.0 Å². The third-order valence-electron chi connectivity index (χ3n) is 5.87. The summed E-state index contributed by atoms with van der Waals surface area (Å²) in [6, 6.07) is 0. The van der Waals surface area contributed by atoms with E-state index in [1.165, 1.54) is 0 Å². The summed E-state index contributed by atoms with van der Waals surface area (Å²) >= 11 is 0. The Kier molecular flexibility index (Phi) is 6.83. The molecule has 2 saturated heterocycles. The standard InChI is InChI=1S/C16H24N6O11S/c23-5-7-9(25)11(27)13(29)15(32-7,21-3-1-17-19-21)34(31)16(22-4-2-18-20-22)14(30)12(28)10(26)8(6-24)33-16/h1-4,7-14,23-30H,5-6H2/t7-,8-,9+,10+,11+,12+,13-,14-,15+,16+/m1/s1. The minimum Gasteiger partial charge on any atom is -0.394 e. The summed E-state index contributed by atoms with van der Waals surface area (Å²) < 4.78 is 27.2. The number of aliphatic hydroxyl groups is 8. The second-order valence-corrected chi connectivity index (χ2v) is 9.46. The molecule has 2 aromatic rings. The average Bonchev–Trinajstić information content (AvgIpc) is 3.57. The molecule has 4 rings (SSSR count). The van der Waals surface area contributed by atoms with Gasteiger partial charge in [-0.25, -0.2) is 13.6 Å². The second-order valence-electron chi connectivity index (χ2n) is 7.76. The lowest BCUT2D eigenvalue weighted by atomic mass is 9.97. The van der Waals surface area contributed by atoms with Crippen LogP contribution in [0.4, 0.5) is 0 Å². The van der Waals surface area contributed by atoms with Gasteiger partial charge < -0.3 is 50.3 Å². The highest BCUT2D eigenvalue weighted by molar-refractivity contribution is 7.86.